The van der Waals surface area contributed by atoms with E-state index in [1.165, 1.54) is 25.7 Å². The van der Waals surface area contributed by atoms with Crippen LogP contribution in [0.5, 0.6) is 0 Å². The van der Waals surface area contributed by atoms with Crippen molar-refractivity contribution in [3.05, 3.63) is 0 Å². The average Bonchev–Trinajstić information content (AvgIpc) is 2.44. The van der Waals surface area contributed by atoms with Gasteiger partial charge in [-0.05, 0) is 13.3 Å². The lowest BCUT2D eigenvalue weighted by molar-refractivity contribution is -0.153. The van der Waals surface area contributed by atoms with E-state index in [2.05, 4.69) is 13.8 Å². The highest BCUT2D eigenvalue weighted by Gasteiger charge is 2.42. The van der Waals surface area contributed by atoms with E-state index >= 15 is 0 Å². The van der Waals surface area contributed by atoms with Gasteiger partial charge in [0.05, 0.1) is 18.8 Å². The van der Waals surface area contributed by atoms with Gasteiger partial charge in [0.25, 0.3) is 0 Å². The Morgan fingerprint density at radius 3 is 2.30 bits per heavy atom. The molecule has 1 saturated heterocycles. The fourth-order valence-corrected chi connectivity index (χ4v) is 3.04. The van der Waals surface area contributed by atoms with Crippen molar-refractivity contribution in [2.45, 2.75) is 82.8 Å². The molecule has 0 aromatic carbocycles. The van der Waals surface area contributed by atoms with E-state index in [4.69, 9.17) is 0 Å². The van der Waals surface area contributed by atoms with E-state index in [-0.39, 0.29) is 12.6 Å². The fraction of sp³-hybridized carbons (Fsp3) is 1.00. The Hall–Kier alpha value is -0.200. The van der Waals surface area contributed by atoms with Crippen LogP contribution in [0.1, 0.15) is 52.4 Å². The quantitative estimate of drug-likeness (QED) is 0.489. The molecule has 1 fully saturated rings. The lowest BCUT2D eigenvalue weighted by atomic mass is 9.92. The number of aliphatic hydroxyl groups is 4. The summed E-state index contributed by atoms with van der Waals surface area (Å²) in [6.07, 6.45) is 3.83. The molecule has 1 unspecified atom stereocenters. The van der Waals surface area contributed by atoms with E-state index in [1.54, 1.807) is 0 Å². The maximum atomic E-state index is 9.96. The third-order valence-corrected chi connectivity index (χ3v) is 4.44. The highest BCUT2D eigenvalue weighted by atomic mass is 16.4. The molecule has 1 aliphatic heterocycles. The lowest BCUT2D eigenvalue weighted by Crippen LogP contribution is -2.64. The summed E-state index contributed by atoms with van der Waals surface area (Å²) in [4.78, 5) is 1.93. The highest BCUT2D eigenvalue weighted by Crippen LogP contribution is 2.23. The number of piperidine rings is 1. The molecule has 1 rings (SSSR count). The second-order valence-electron chi connectivity index (χ2n) is 6.05. The van der Waals surface area contributed by atoms with Crippen LogP contribution in [0.3, 0.4) is 0 Å². The van der Waals surface area contributed by atoms with Crippen molar-refractivity contribution < 1.29 is 20.4 Å². The topological polar surface area (TPSA) is 84.2 Å². The van der Waals surface area contributed by atoms with Crippen LogP contribution in [-0.2, 0) is 0 Å². The minimum Gasteiger partial charge on any atom is -0.395 e. The van der Waals surface area contributed by atoms with Crippen molar-refractivity contribution in [2.24, 2.45) is 0 Å². The SMILES string of the molecule is CCCCCCCC(C)N1C[C@H](O)[C@@H](O)[C@@H](O)[C@H]1CO. The Balaban J connectivity index is 2.45. The lowest BCUT2D eigenvalue weighted by Gasteiger charge is -2.46. The maximum Gasteiger partial charge on any atom is 0.109 e. The summed E-state index contributed by atoms with van der Waals surface area (Å²) in [5.74, 6) is 0. The Labute approximate surface area is 122 Å². The predicted molar refractivity (Wildman–Crippen MR) is 78.4 cm³/mol. The molecule has 0 aliphatic carbocycles. The van der Waals surface area contributed by atoms with Gasteiger partial charge in [-0.25, -0.2) is 0 Å². The van der Waals surface area contributed by atoms with Gasteiger partial charge >= 0.3 is 0 Å². The number of hydrogen-bond donors (Lipinski definition) is 4. The van der Waals surface area contributed by atoms with Gasteiger partial charge in [0.2, 0.25) is 0 Å². The number of rotatable bonds is 8. The molecule has 20 heavy (non-hydrogen) atoms. The molecular weight excluding hydrogens is 258 g/mol. The summed E-state index contributed by atoms with van der Waals surface area (Å²) in [7, 11) is 0. The fourth-order valence-electron chi connectivity index (χ4n) is 3.04. The van der Waals surface area contributed by atoms with Gasteiger partial charge in [-0.15, -0.1) is 0 Å². The van der Waals surface area contributed by atoms with Gasteiger partial charge in [0.1, 0.15) is 12.2 Å². The van der Waals surface area contributed by atoms with Crippen LogP contribution < -0.4 is 0 Å². The van der Waals surface area contributed by atoms with Crippen LogP contribution in [0.4, 0.5) is 0 Å². The first kappa shape index (κ1) is 17.9. The zero-order valence-corrected chi connectivity index (χ0v) is 12.8. The van der Waals surface area contributed by atoms with Crippen molar-refractivity contribution in [3.8, 4) is 0 Å². The van der Waals surface area contributed by atoms with Gasteiger partial charge in [-0.3, -0.25) is 4.90 Å². The van der Waals surface area contributed by atoms with Crippen LogP contribution in [0, 0.1) is 0 Å². The summed E-state index contributed by atoms with van der Waals surface area (Å²) in [6, 6.07) is -0.301. The molecule has 120 valence electrons. The van der Waals surface area contributed by atoms with Gasteiger partial charge in [-0.2, -0.15) is 0 Å². The first-order chi connectivity index (χ1) is 9.52. The molecule has 0 radical (unpaired) electrons. The third kappa shape index (κ3) is 4.67. The van der Waals surface area contributed by atoms with E-state index in [9.17, 15) is 20.4 Å². The van der Waals surface area contributed by atoms with Gasteiger partial charge < -0.3 is 20.4 Å². The molecule has 0 bridgehead atoms. The predicted octanol–water partition coefficient (Wildman–Crippen LogP) is 0.495. The van der Waals surface area contributed by atoms with Gasteiger partial charge in [0.15, 0.2) is 0 Å². The normalized spacial score (nSPS) is 33.3. The average molecular weight is 289 g/mol. The second kappa shape index (κ2) is 8.95. The summed E-state index contributed by atoms with van der Waals surface area (Å²) in [6.45, 7) is 4.35. The first-order valence-corrected chi connectivity index (χ1v) is 7.93. The van der Waals surface area contributed by atoms with Crippen molar-refractivity contribution >= 4 is 0 Å². The molecule has 0 aromatic heterocycles. The summed E-state index contributed by atoms with van der Waals surface area (Å²) in [5, 5.41) is 38.9. The molecule has 5 nitrogen and oxygen atoms in total. The van der Waals surface area contributed by atoms with Crippen molar-refractivity contribution in [1.82, 2.24) is 4.90 Å². The van der Waals surface area contributed by atoms with Crippen LogP contribution >= 0.6 is 0 Å². The molecule has 0 amide bonds. The van der Waals surface area contributed by atoms with E-state index in [1.807, 2.05) is 4.90 Å². The smallest absolute Gasteiger partial charge is 0.109 e. The number of aliphatic hydroxyl groups excluding tert-OH is 4. The summed E-state index contributed by atoms with van der Waals surface area (Å²) >= 11 is 0. The number of hydrogen-bond acceptors (Lipinski definition) is 5. The molecule has 0 saturated carbocycles. The van der Waals surface area contributed by atoms with E-state index in [0.29, 0.717) is 6.54 Å². The van der Waals surface area contributed by atoms with Crippen LogP contribution in [-0.4, -0.2) is 68.9 Å². The van der Waals surface area contributed by atoms with Crippen LogP contribution in [0.25, 0.3) is 0 Å². The monoisotopic (exact) mass is 289 g/mol. The Kier molecular flexibility index (Phi) is 7.99. The van der Waals surface area contributed by atoms with Crippen molar-refractivity contribution in [2.75, 3.05) is 13.2 Å². The molecule has 4 N–H and O–H groups in total. The third-order valence-electron chi connectivity index (χ3n) is 4.44. The molecule has 0 spiro atoms. The Morgan fingerprint density at radius 2 is 1.70 bits per heavy atom. The molecule has 1 aliphatic rings. The molecule has 1 heterocycles. The standard InChI is InChI=1S/C15H31NO4/c1-3-4-5-6-7-8-11(2)16-9-13(18)15(20)14(19)12(16)10-17/h11-15,17-20H,3-10H2,1-2H3/t11?,12-,13+,14+,15-/m1/s1. The maximum absolute atomic E-state index is 9.96. The molecule has 0 aromatic rings. The minimum atomic E-state index is -1.17. The molecule has 5 heteroatoms. The largest absolute Gasteiger partial charge is 0.395 e. The van der Waals surface area contributed by atoms with Crippen LogP contribution in [0.2, 0.25) is 0 Å². The highest BCUT2D eigenvalue weighted by molar-refractivity contribution is 4.95. The van der Waals surface area contributed by atoms with Crippen molar-refractivity contribution in [1.29, 1.82) is 0 Å². The van der Waals surface area contributed by atoms with E-state index in [0.717, 1.165) is 12.8 Å². The Bertz CT molecular complexity index is 264. The van der Waals surface area contributed by atoms with Crippen LogP contribution in [0.15, 0.2) is 0 Å². The number of likely N-dealkylation sites (tertiary alicyclic amines) is 1. The van der Waals surface area contributed by atoms with Gasteiger partial charge in [-0.1, -0.05) is 39.0 Å². The summed E-state index contributed by atoms with van der Waals surface area (Å²) in [5.41, 5.74) is 0. The minimum absolute atomic E-state index is 0.186. The van der Waals surface area contributed by atoms with Crippen molar-refractivity contribution in [3.63, 3.8) is 0 Å². The molecular formula is C15H31NO4. The van der Waals surface area contributed by atoms with E-state index < -0.39 is 24.4 Å². The first-order valence-electron chi connectivity index (χ1n) is 7.93. The number of β-amino-alcohol motifs (C(OH)–C–C–N with tert-alkyl or cyclic N) is 1. The number of unbranched alkanes of at least 4 members (excludes halogenated alkanes) is 4. The molecule has 5 atom stereocenters. The Morgan fingerprint density at radius 1 is 1.05 bits per heavy atom. The zero-order valence-electron chi connectivity index (χ0n) is 12.8. The second-order valence-corrected chi connectivity index (χ2v) is 6.05. The number of nitrogens with zero attached hydrogens (tertiary/aromatic N) is 1. The zero-order chi connectivity index (χ0) is 15.1. The van der Waals surface area contributed by atoms with Gasteiger partial charge in [0, 0.05) is 12.6 Å². The summed E-state index contributed by atoms with van der Waals surface area (Å²) < 4.78 is 0.